The summed E-state index contributed by atoms with van der Waals surface area (Å²) in [7, 11) is 5.98. The quantitative estimate of drug-likeness (QED) is 0.336. The highest BCUT2D eigenvalue weighted by molar-refractivity contribution is 6.09. The van der Waals surface area contributed by atoms with Crippen LogP contribution in [0.4, 0.5) is 0 Å². The predicted molar refractivity (Wildman–Crippen MR) is 121 cm³/mol. The van der Waals surface area contributed by atoms with Crippen LogP contribution in [-0.4, -0.2) is 58.2 Å². The van der Waals surface area contributed by atoms with Gasteiger partial charge in [-0.15, -0.1) is 0 Å². The van der Waals surface area contributed by atoms with Crippen LogP contribution in [0.15, 0.2) is 42.5 Å². The minimum absolute atomic E-state index is 0.0225. The highest BCUT2D eigenvalue weighted by atomic mass is 16.5. The molecule has 0 aliphatic carbocycles. The Morgan fingerprint density at radius 2 is 1.53 bits per heavy atom. The number of hydrogen-bond acceptors (Lipinski definition) is 7. The summed E-state index contributed by atoms with van der Waals surface area (Å²) < 4.78 is 20.8. The molecule has 1 heterocycles. The van der Waals surface area contributed by atoms with Crippen LogP contribution in [-0.2, 0) is 16.1 Å². The van der Waals surface area contributed by atoms with Crippen LogP contribution in [0, 0.1) is 5.92 Å². The van der Waals surface area contributed by atoms with Crippen molar-refractivity contribution in [3.8, 4) is 17.2 Å². The van der Waals surface area contributed by atoms with E-state index < -0.39 is 0 Å². The number of benzene rings is 2. The fraction of sp³-hybridized carbons (Fsp3) is 0.360. The normalized spacial score (nSPS) is 14.5. The Balaban J connectivity index is 1.68. The molecule has 2 aromatic carbocycles. The van der Waals surface area contributed by atoms with Crippen LogP contribution in [0.25, 0.3) is 5.57 Å². The van der Waals surface area contributed by atoms with E-state index in [0.29, 0.717) is 22.8 Å². The second-order valence-corrected chi connectivity index (χ2v) is 7.72. The number of esters is 1. The number of carbonyl (C=O) groups excluding carboxylic acids is 2. The van der Waals surface area contributed by atoms with Gasteiger partial charge in [0.2, 0.25) is 5.75 Å². The van der Waals surface area contributed by atoms with Crippen molar-refractivity contribution >= 4 is 17.3 Å². The van der Waals surface area contributed by atoms with Crippen molar-refractivity contribution in [2.45, 2.75) is 13.5 Å². The molecule has 0 amide bonds. The number of carbonyl (C=O) groups is 2. The first-order valence-corrected chi connectivity index (χ1v) is 10.3. The maximum absolute atomic E-state index is 12.9. The molecule has 0 aromatic heterocycles. The average Bonchev–Trinajstić information content (AvgIpc) is 2.79. The van der Waals surface area contributed by atoms with Crippen molar-refractivity contribution in [1.29, 1.82) is 0 Å². The van der Waals surface area contributed by atoms with Crippen molar-refractivity contribution in [2.75, 3.05) is 41.5 Å². The molecule has 170 valence electrons. The minimum Gasteiger partial charge on any atom is -0.493 e. The van der Waals surface area contributed by atoms with Gasteiger partial charge in [-0.05, 0) is 41.8 Å². The van der Waals surface area contributed by atoms with Crippen molar-refractivity contribution in [2.24, 2.45) is 5.92 Å². The molecule has 1 aliphatic heterocycles. The largest absolute Gasteiger partial charge is 0.493 e. The molecule has 7 heteroatoms. The lowest BCUT2D eigenvalue weighted by Gasteiger charge is -2.37. The first kappa shape index (κ1) is 23.3. The molecule has 2 aromatic rings. The van der Waals surface area contributed by atoms with Gasteiger partial charge in [-0.3, -0.25) is 14.5 Å². The third kappa shape index (κ3) is 5.11. The molecular formula is C25H29NO6. The van der Waals surface area contributed by atoms with Gasteiger partial charge in [0.1, 0.15) is 0 Å². The predicted octanol–water partition coefficient (Wildman–Crippen LogP) is 3.60. The van der Waals surface area contributed by atoms with E-state index in [0.717, 1.165) is 36.3 Å². The maximum Gasteiger partial charge on any atom is 0.311 e. The van der Waals surface area contributed by atoms with E-state index in [9.17, 15) is 9.59 Å². The van der Waals surface area contributed by atoms with Crippen LogP contribution < -0.4 is 14.2 Å². The fourth-order valence-electron chi connectivity index (χ4n) is 3.73. The second kappa shape index (κ2) is 10.3. The molecule has 7 nitrogen and oxygen atoms in total. The summed E-state index contributed by atoms with van der Waals surface area (Å²) in [6.45, 7) is 4.12. The second-order valence-electron chi connectivity index (χ2n) is 7.72. The molecule has 0 atom stereocenters. The SMILES string of the molecule is COC(=O)C1CN(Cc2ccc(C(C)=CC(=O)c3cc(OC)c(OC)c(OC)c3)cc2)C1. The van der Waals surface area contributed by atoms with Gasteiger partial charge in [0, 0.05) is 25.2 Å². The van der Waals surface area contributed by atoms with Gasteiger partial charge in [0.15, 0.2) is 17.3 Å². The Kier molecular flexibility index (Phi) is 7.53. The Bertz CT molecular complexity index is 981. The third-order valence-corrected chi connectivity index (χ3v) is 5.60. The summed E-state index contributed by atoms with van der Waals surface area (Å²) in [6, 6.07) is 11.4. The zero-order chi connectivity index (χ0) is 23.3. The maximum atomic E-state index is 12.9. The summed E-state index contributed by atoms with van der Waals surface area (Å²) in [5, 5.41) is 0. The highest BCUT2D eigenvalue weighted by Crippen LogP contribution is 2.38. The number of methoxy groups -OCH3 is 4. The van der Waals surface area contributed by atoms with Crippen molar-refractivity contribution in [3.05, 3.63) is 59.2 Å². The van der Waals surface area contributed by atoms with Gasteiger partial charge in [-0.25, -0.2) is 0 Å². The average molecular weight is 440 g/mol. The Morgan fingerprint density at radius 3 is 2.03 bits per heavy atom. The van der Waals surface area contributed by atoms with Gasteiger partial charge in [-0.2, -0.15) is 0 Å². The van der Waals surface area contributed by atoms with Crippen LogP contribution in [0.5, 0.6) is 17.2 Å². The van der Waals surface area contributed by atoms with E-state index >= 15 is 0 Å². The zero-order valence-corrected chi connectivity index (χ0v) is 19.1. The van der Waals surface area contributed by atoms with Gasteiger partial charge in [0.05, 0.1) is 34.4 Å². The lowest BCUT2D eigenvalue weighted by Crippen LogP contribution is -2.49. The summed E-state index contributed by atoms with van der Waals surface area (Å²) in [5.41, 5.74) is 3.42. The molecular weight excluding hydrogens is 410 g/mol. The number of ketones is 1. The van der Waals surface area contributed by atoms with E-state index in [1.54, 1.807) is 18.2 Å². The monoisotopic (exact) mass is 439 g/mol. The van der Waals surface area contributed by atoms with E-state index in [4.69, 9.17) is 18.9 Å². The van der Waals surface area contributed by atoms with E-state index in [-0.39, 0.29) is 17.7 Å². The molecule has 0 bridgehead atoms. The number of hydrogen-bond donors (Lipinski definition) is 0. The van der Waals surface area contributed by atoms with E-state index in [1.165, 1.54) is 28.4 Å². The van der Waals surface area contributed by atoms with Crippen molar-refractivity contribution < 1.29 is 28.5 Å². The molecule has 3 rings (SSSR count). The number of ether oxygens (including phenoxy) is 4. The van der Waals surface area contributed by atoms with Gasteiger partial charge in [-0.1, -0.05) is 24.3 Å². The van der Waals surface area contributed by atoms with Crippen LogP contribution >= 0.6 is 0 Å². The Hall–Kier alpha value is -3.32. The minimum atomic E-state index is -0.153. The third-order valence-electron chi connectivity index (χ3n) is 5.60. The van der Waals surface area contributed by atoms with E-state index in [2.05, 4.69) is 4.90 Å². The topological polar surface area (TPSA) is 74.3 Å². The Morgan fingerprint density at radius 1 is 0.938 bits per heavy atom. The summed E-state index contributed by atoms with van der Waals surface area (Å²) in [6.07, 6.45) is 1.60. The van der Waals surface area contributed by atoms with Crippen molar-refractivity contribution in [1.82, 2.24) is 4.90 Å². The van der Waals surface area contributed by atoms with Crippen molar-refractivity contribution in [3.63, 3.8) is 0 Å². The summed E-state index contributed by atoms with van der Waals surface area (Å²) in [5.74, 6) is 1.00. The fourth-order valence-corrected chi connectivity index (χ4v) is 3.73. The van der Waals surface area contributed by atoms with Crippen LogP contribution in [0.2, 0.25) is 0 Å². The van der Waals surface area contributed by atoms with Gasteiger partial charge < -0.3 is 18.9 Å². The smallest absolute Gasteiger partial charge is 0.311 e. The Labute approximate surface area is 188 Å². The molecule has 0 radical (unpaired) electrons. The van der Waals surface area contributed by atoms with Gasteiger partial charge >= 0.3 is 5.97 Å². The first-order chi connectivity index (χ1) is 15.4. The zero-order valence-electron chi connectivity index (χ0n) is 19.1. The number of nitrogens with zero attached hydrogens (tertiary/aromatic N) is 1. The molecule has 1 fully saturated rings. The molecule has 0 spiro atoms. The number of rotatable bonds is 9. The van der Waals surface area contributed by atoms with Crippen LogP contribution in [0.3, 0.4) is 0 Å². The molecule has 0 unspecified atom stereocenters. The van der Waals surface area contributed by atoms with E-state index in [1.807, 2.05) is 31.2 Å². The first-order valence-electron chi connectivity index (χ1n) is 10.3. The molecule has 0 saturated carbocycles. The standard InChI is InChI=1S/C25H29NO6/c1-16(10-21(27)19-11-22(29-2)24(31-4)23(12-19)30-3)18-8-6-17(7-9-18)13-26-14-20(15-26)25(28)32-5/h6-12,20H,13-15H2,1-5H3. The number of likely N-dealkylation sites (tertiary alicyclic amines) is 1. The lowest BCUT2D eigenvalue weighted by atomic mass is 9.98. The molecule has 1 aliphatic rings. The lowest BCUT2D eigenvalue weighted by molar-refractivity contribution is -0.151. The summed E-state index contributed by atoms with van der Waals surface area (Å²) in [4.78, 5) is 26.6. The van der Waals surface area contributed by atoms with Gasteiger partial charge in [0.25, 0.3) is 0 Å². The molecule has 32 heavy (non-hydrogen) atoms. The highest BCUT2D eigenvalue weighted by Gasteiger charge is 2.33. The molecule has 1 saturated heterocycles. The molecule has 0 N–H and O–H groups in total. The number of allylic oxidation sites excluding steroid dienone is 2. The van der Waals surface area contributed by atoms with Crippen LogP contribution in [0.1, 0.15) is 28.4 Å². The summed E-state index contributed by atoms with van der Waals surface area (Å²) >= 11 is 0.